The Morgan fingerprint density at radius 3 is 2.62 bits per heavy atom. The molecule has 0 unspecified atom stereocenters. The van der Waals surface area contributed by atoms with Gasteiger partial charge >= 0.3 is 6.03 Å². The molecule has 2 amide bonds. The number of carbonyl (C=O) groups excluding carboxylic acids is 1. The zero-order valence-electron chi connectivity index (χ0n) is 14.0. The van der Waals surface area contributed by atoms with Gasteiger partial charge in [0.25, 0.3) is 0 Å². The number of ether oxygens (including phenoxy) is 1. The van der Waals surface area contributed by atoms with Crippen LogP contribution >= 0.6 is 11.3 Å². The van der Waals surface area contributed by atoms with Crippen LogP contribution in [0.3, 0.4) is 0 Å². The Labute approximate surface area is 147 Å². The quantitative estimate of drug-likeness (QED) is 0.894. The maximum atomic E-state index is 12.3. The Hall–Kier alpha value is -2.01. The number of nitrogens with zero attached hydrogens (tertiary/aromatic N) is 1. The van der Waals surface area contributed by atoms with Crippen molar-refractivity contribution in [2.75, 3.05) is 26.7 Å². The fraction of sp³-hybridized carbons (Fsp3) is 0.421. The number of hydrogen-bond acceptors (Lipinski definition) is 3. The van der Waals surface area contributed by atoms with E-state index in [0.29, 0.717) is 12.5 Å². The van der Waals surface area contributed by atoms with Crippen molar-refractivity contribution in [3.05, 3.63) is 52.2 Å². The molecule has 2 aromatic rings. The van der Waals surface area contributed by atoms with Gasteiger partial charge in [0, 0.05) is 19.6 Å². The standard InChI is InChI=1S/C19H24N2O2S/c1-23-18-4-2-15(3-5-18)6-10-20-19(22)21-11-7-16(8-12-21)17-9-13-24-14-17/h2-5,9,13-14,16H,6-8,10-12H2,1H3,(H,20,22). The molecule has 0 bridgehead atoms. The number of rotatable bonds is 5. The van der Waals surface area contributed by atoms with Gasteiger partial charge in [-0.3, -0.25) is 0 Å². The molecule has 0 atom stereocenters. The molecule has 2 heterocycles. The Morgan fingerprint density at radius 2 is 2.00 bits per heavy atom. The molecular weight excluding hydrogens is 320 g/mol. The molecule has 1 aliphatic heterocycles. The molecule has 1 saturated heterocycles. The maximum absolute atomic E-state index is 12.3. The van der Waals surface area contributed by atoms with Crippen LogP contribution in [-0.4, -0.2) is 37.7 Å². The number of thiophene rings is 1. The zero-order valence-corrected chi connectivity index (χ0v) is 14.8. The number of carbonyl (C=O) groups is 1. The minimum absolute atomic E-state index is 0.0623. The molecule has 1 fully saturated rings. The topological polar surface area (TPSA) is 41.6 Å². The molecule has 0 spiro atoms. The Morgan fingerprint density at radius 1 is 1.25 bits per heavy atom. The number of piperidine rings is 1. The van der Waals surface area contributed by atoms with Crippen molar-refractivity contribution in [3.63, 3.8) is 0 Å². The third kappa shape index (κ3) is 4.29. The van der Waals surface area contributed by atoms with E-state index in [1.807, 2.05) is 29.2 Å². The zero-order chi connectivity index (χ0) is 16.8. The normalized spacial score (nSPS) is 15.3. The SMILES string of the molecule is COc1ccc(CCNC(=O)N2CCC(c3ccsc3)CC2)cc1. The van der Waals surface area contributed by atoms with Crippen LogP contribution in [0, 0.1) is 0 Å². The summed E-state index contributed by atoms with van der Waals surface area (Å²) in [6.45, 7) is 2.35. The summed E-state index contributed by atoms with van der Waals surface area (Å²) in [4.78, 5) is 14.2. The van der Waals surface area contributed by atoms with E-state index in [2.05, 4.69) is 22.1 Å². The third-order valence-corrected chi connectivity index (χ3v) is 5.35. The summed E-state index contributed by atoms with van der Waals surface area (Å²) in [5, 5.41) is 7.40. The molecule has 128 valence electrons. The second kappa shape index (κ2) is 8.20. The van der Waals surface area contributed by atoms with Gasteiger partial charge in [0.15, 0.2) is 0 Å². The second-order valence-electron chi connectivity index (χ2n) is 6.15. The summed E-state index contributed by atoms with van der Waals surface area (Å²) >= 11 is 1.75. The number of nitrogens with one attached hydrogen (secondary N) is 1. The molecule has 5 heteroatoms. The highest BCUT2D eigenvalue weighted by molar-refractivity contribution is 7.07. The van der Waals surface area contributed by atoms with Gasteiger partial charge < -0.3 is 15.0 Å². The molecule has 1 N–H and O–H groups in total. The van der Waals surface area contributed by atoms with E-state index in [1.54, 1.807) is 18.4 Å². The molecule has 1 aromatic heterocycles. The molecule has 1 aromatic carbocycles. The third-order valence-electron chi connectivity index (χ3n) is 4.65. The van der Waals surface area contributed by atoms with Gasteiger partial charge in [-0.05, 0) is 65.3 Å². The van der Waals surface area contributed by atoms with E-state index in [9.17, 15) is 4.79 Å². The maximum Gasteiger partial charge on any atom is 0.317 e. The van der Waals surface area contributed by atoms with Crippen LogP contribution in [0.5, 0.6) is 5.75 Å². The number of benzene rings is 1. The van der Waals surface area contributed by atoms with E-state index < -0.39 is 0 Å². The smallest absolute Gasteiger partial charge is 0.317 e. The monoisotopic (exact) mass is 344 g/mol. The van der Waals surface area contributed by atoms with Crippen molar-refractivity contribution in [1.29, 1.82) is 0 Å². The summed E-state index contributed by atoms with van der Waals surface area (Å²) in [7, 11) is 1.66. The first-order valence-corrected chi connectivity index (χ1v) is 9.38. The first-order chi connectivity index (χ1) is 11.8. The summed E-state index contributed by atoms with van der Waals surface area (Å²) in [5.41, 5.74) is 2.63. The Kier molecular flexibility index (Phi) is 5.75. The highest BCUT2D eigenvalue weighted by atomic mass is 32.1. The highest BCUT2D eigenvalue weighted by Crippen LogP contribution is 2.29. The Balaban J connectivity index is 1.39. The predicted octanol–water partition coefficient (Wildman–Crippen LogP) is 3.89. The van der Waals surface area contributed by atoms with Crippen LogP contribution < -0.4 is 10.1 Å². The van der Waals surface area contributed by atoms with Crippen LogP contribution in [0.4, 0.5) is 4.79 Å². The lowest BCUT2D eigenvalue weighted by atomic mass is 9.91. The van der Waals surface area contributed by atoms with Gasteiger partial charge in [0.05, 0.1) is 7.11 Å². The van der Waals surface area contributed by atoms with Crippen molar-refractivity contribution >= 4 is 17.4 Å². The number of hydrogen-bond donors (Lipinski definition) is 1. The average Bonchev–Trinajstić information content (AvgIpc) is 3.17. The van der Waals surface area contributed by atoms with Crippen LogP contribution in [-0.2, 0) is 6.42 Å². The summed E-state index contributed by atoms with van der Waals surface area (Å²) < 4.78 is 5.15. The highest BCUT2D eigenvalue weighted by Gasteiger charge is 2.23. The van der Waals surface area contributed by atoms with E-state index in [-0.39, 0.29) is 6.03 Å². The van der Waals surface area contributed by atoms with Gasteiger partial charge in [-0.2, -0.15) is 11.3 Å². The van der Waals surface area contributed by atoms with Gasteiger partial charge in [-0.1, -0.05) is 12.1 Å². The van der Waals surface area contributed by atoms with Crippen molar-refractivity contribution < 1.29 is 9.53 Å². The fourth-order valence-electron chi connectivity index (χ4n) is 3.14. The van der Waals surface area contributed by atoms with E-state index in [0.717, 1.165) is 38.1 Å². The first-order valence-electron chi connectivity index (χ1n) is 8.44. The molecule has 1 aliphatic rings. The van der Waals surface area contributed by atoms with Crippen LogP contribution in [0.15, 0.2) is 41.1 Å². The van der Waals surface area contributed by atoms with Gasteiger partial charge in [0.2, 0.25) is 0 Å². The number of likely N-dealkylation sites (tertiary alicyclic amines) is 1. The molecule has 4 nitrogen and oxygen atoms in total. The first kappa shape index (κ1) is 16.8. The minimum atomic E-state index is 0.0623. The van der Waals surface area contributed by atoms with E-state index in [4.69, 9.17) is 4.74 Å². The lowest BCUT2D eigenvalue weighted by molar-refractivity contribution is 0.181. The number of urea groups is 1. The van der Waals surface area contributed by atoms with E-state index in [1.165, 1.54) is 11.1 Å². The molecule has 24 heavy (non-hydrogen) atoms. The van der Waals surface area contributed by atoms with Crippen molar-refractivity contribution in [1.82, 2.24) is 10.2 Å². The van der Waals surface area contributed by atoms with Crippen molar-refractivity contribution in [2.45, 2.75) is 25.2 Å². The van der Waals surface area contributed by atoms with Crippen molar-refractivity contribution in [3.8, 4) is 5.75 Å². The average molecular weight is 344 g/mol. The van der Waals surface area contributed by atoms with E-state index >= 15 is 0 Å². The van der Waals surface area contributed by atoms with Crippen molar-refractivity contribution in [2.24, 2.45) is 0 Å². The van der Waals surface area contributed by atoms with Gasteiger partial charge in [-0.25, -0.2) is 4.79 Å². The number of amides is 2. The lowest BCUT2D eigenvalue weighted by Gasteiger charge is -2.31. The van der Waals surface area contributed by atoms with Gasteiger partial charge in [0.1, 0.15) is 5.75 Å². The molecular formula is C19H24N2O2S. The predicted molar refractivity (Wildman–Crippen MR) is 98.0 cm³/mol. The van der Waals surface area contributed by atoms with Crippen LogP contribution in [0.25, 0.3) is 0 Å². The summed E-state index contributed by atoms with van der Waals surface area (Å²) in [6.07, 6.45) is 2.95. The summed E-state index contributed by atoms with van der Waals surface area (Å²) in [5.74, 6) is 1.47. The fourth-order valence-corrected chi connectivity index (χ4v) is 3.88. The molecule has 0 radical (unpaired) electrons. The summed E-state index contributed by atoms with van der Waals surface area (Å²) in [6, 6.07) is 10.3. The molecule has 0 aliphatic carbocycles. The Bertz CT molecular complexity index is 632. The van der Waals surface area contributed by atoms with Crippen LogP contribution in [0.2, 0.25) is 0 Å². The van der Waals surface area contributed by atoms with Gasteiger partial charge in [-0.15, -0.1) is 0 Å². The second-order valence-corrected chi connectivity index (χ2v) is 6.93. The molecule has 3 rings (SSSR count). The minimum Gasteiger partial charge on any atom is -0.497 e. The number of methoxy groups -OCH3 is 1. The van der Waals surface area contributed by atoms with Crippen LogP contribution in [0.1, 0.15) is 29.9 Å². The molecule has 0 saturated carbocycles. The lowest BCUT2D eigenvalue weighted by Crippen LogP contribution is -2.44. The largest absolute Gasteiger partial charge is 0.497 e.